The van der Waals surface area contributed by atoms with Crippen LogP contribution in [0.1, 0.15) is 5.56 Å². The third kappa shape index (κ3) is 3.26. The van der Waals surface area contributed by atoms with Gasteiger partial charge in [-0.2, -0.15) is 15.5 Å². The summed E-state index contributed by atoms with van der Waals surface area (Å²) in [6.45, 7) is 5.66. The molecule has 0 amide bonds. The van der Waals surface area contributed by atoms with Crippen molar-refractivity contribution in [3.8, 4) is 17.3 Å². The molecule has 0 atom stereocenters. The van der Waals surface area contributed by atoms with Crippen LogP contribution in [-0.4, -0.2) is 35.4 Å². The largest absolute Gasteiger partial charge is 0.381 e. The Morgan fingerprint density at radius 2 is 2.35 bits per heavy atom. The summed E-state index contributed by atoms with van der Waals surface area (Å²) in [5.74, 6) is 0.201. The third-order valence-electron chi connectivity index (χ3n) is 2.80. The van der Waals surface area contributed by atoms with Gasteiger partial charge in [0.2, 0.25) is 0 Å². The highest BCUT2D eigenvalue weighted by Crippen LogP contribution is 2.23. The Labute approximate surface area is 119 Å². The van der Waals surface area contributed by atoms with Crippen LogP contribution in [0.25, 0.3) is 11.3 Å². The lowest BCUT2D eigenvalue weighted by Gasteiger charge is -2.05. The molecule has 1 radical (unpaired) electrons. The number of aromatic nitrogens is 4. The number of H-pyrrole nitrogens is 1. The van der Waals surface area contributed by atoms with Gasteiger partial charge in [-0.3, -0.25) is 5.10 Å². The molecule has 20 heavy (non-hydrogen) atoms. The van der Waals surface area contributed by atoms with Gasteiger partial charge >= 0.3 is 0 Å². The lowest BCUT2D eigenvalue weighted by atomic mass is 10.1. The van der Waals surface area contributed by atoms with Crippen molar-refractivity contribution in [2.45, 2.75) is 25.9 Å². The fourth-order valence-electron chi connectivity index (χ4n) is 1.68. The number of ether oxygens (including phenoxy) is 1. The van der Waals surface area contributed by atoms with Crippen molar-refractivity contribution in [2.24, 2.45) is 0 Å². The van der Waals surface area contributed by atoms with Crippen LogP contribution < -0.4 is 5.73 Å². The molecular formula is C12H17N6OSi. The van der Waals surface area contributed by atoms with Crippen molar-refractivity contribution in [2.75, 3.05) is 12.3 Å². The van der Waals surface area contributed by atoms with Crippen LogP contribution in [0.3, 0.4) is 0 Å². The van der Waals surface area contributed by atoms with E-state index in [2.05, 4.69) is 28.4 Å². The first kappa shape index (κ1) is 14.3. The van der Waals surface area contributed by atoms with Crippen LogP contribution in [-0.2, 0) is 11.5 Å². The minimum Gasteiger partial charge on any atom is -0.381 e. The summed E-state index contributed by atoms with van der Waals surface area (Å²) in [6.07, 6.45) is 3.46. The molecule has 7 nitrogen and oxygen atoms in total. The third-order valence-corrected chi connectivity index (χ3v) is 4.00. The van der Waals surface area contributed by atoms with E-state index in [1.165, 1.54) is 0 Å². The molecule has 2 rings (SSSR count). The molecule has 3 N–H and O–H groups in total. The Morgan fingerprint density at radius 1 is 1.55 bits per heavy atom. The molecule has 0 aliphatic heterocycles. The molecule has 2 aromatic heterocycles. The molecule has 0 aromatic carbocycles. The molecule has 0 saturated heterocycles. The summed E-state index contributed by atoms with van der Waals surface area (Å²) in [5, 5.41) is 19.8. The van der Waals surface area contributed by atoms with Crippen molar-refractivity contribution >= 4 is 14.6 Å². The number of hydrogen-bond acceptors (Lipinski definition) is 5. The Bertz CT molecular complexity index is 612. The molecule has 0 aliphatic rings. The highest BCUT2D eigenvalue weighted by Gasteiger charge is 2.13. The maximum atomic E-state index is 9.04. The summed E-state index contributed by atoms with van der Waals surface area (Å²) in [6, 6.07) is 3.15. The molecular weight excluding hydrogens is 272 g/mol. The zero-order chi connectivity index (χ0) is 14.5. The van der Waals surface area contributed by atoms with Crippen molar-refractivity contribution in [1.29, 1.82) is 5.26 Å². The molecule has 0 bridgehead atoms. The molecule has 0 fully saturated rings. The number of nitrogens with one attached hydrogen (secondary N) is 1. The summed E-state index contributed by atoms with van der Waals surface area (Å²) in [4.78, 5) is 0. The quantitative estimate of drug-likeness (QED) is 0.618. The zero-order valence-electron chi connectivity index (χ0n) is 11.6. The predicted octanol–water partition coefficient (Wildman–Crippen LogP) is 1.46. The first-order chi connectivity index (χ1) is 9.61. The number of nitrogens with zero attached hydrogens (tertiary/aromatic N) is 4. The lowest BCUT2D eigenvalue weighted by molar-refractivity contribution is 0.0789. The molecule has 0 saturated carbocycles. The van der Waals surface area contributed by atoms with Gasteiger partial charge in [-0.05, 0) is 6.04 Å². The molecule has 0 aliphatic carbocycles. The minimum absolute atomic E-state index is 0.201. The fraction of sp³-hybridized carbons (Fsp3) is 0.417. The van der Waals surface area contributed by atoms with E-state index in [4.69, 9.17) is 15.7 Å². The first-order valence-electron chi connectivity index (χ1n) is 6.25. The summed E-state index contributed by atoms with van der Waals surface area (Å²) in [7, 11) is -0.250. The molecule has 2 heterocycles. The molecule has 105 valence electrons. The maximum Gasteiger partial charge on any atom is 0.163 e. The smallest absolute Gasteiger partial charge is 0.163 e. The number of aromatic amines is 1. The van der Waals surface area contributed by atoms with Gasteiger partial charge in [0.1, 0.15) is 18.4 Å². The van der Waals surface area contributed by atoms with Crippen molar-refractivity contribution in [3.63, 3.8) is 0 Å². The van der Waals surface area contributed by atoms with Crippen LogP contribution in [0.2, 0.25) is 19.1 Å². The standard InChI is InChI=1S/C12H17N6OSi/c1-20(2)4-3-19-8-18-7-9(6-15-18)11-10(5-13)12(14)17-16-11/h6-7H,3-4,8H2,1-2H3,(H3,14,16,17). The van der Waals surface area contributed by atoms with Crippen LogP contribution in [0.15, 0.2) is 12.4 Å². The van der Waals surface area contributed by atoms with Crippen LogP contribution in [0.5, 0.6) is 0 Å². The predicted molar refractivity (Wildman–Crippen MR) is 77.2 cm³/mol. The Balaban J connectivity index is 2.00. The number of nitriles is 1. The Hall–Kier alpha value is -2.11. The monoisotopic (exact) mass is 289 g/mol. The number of nitrogens with two attached hydrogens (primary N) is 1. The number of rotatable bonds is 6. The van der Waals surface area contributed by atoms with E-state index >= 15 is 0 Å². The van der Waals surface area contributed by atoms with Gasteiger partial charge in [0, 0.05) is 27.2 Å². The summed E-state index contributed by atoms with van der Waals surface area (Å²) < 4.78 is 7.24. The number of anilines is 1. The van der Waals surface area contributed by atoms with E-state index in [9.17, 15) is 0 Å². The SMILES string of the molecule is C[Si](C)CCOCn1cc(-c2[nH]nc(N)c2C#N)cn1. The van der Waals surface area contributed by atoms with Gasteiger partial charge in [0.05, 0.1) is 11.9 Å². The molecule has 2 aromatic rings. The molecule has 0 unspecified atom stereocenters. The van der Waals surface area contributed by atoms with Crippen molar-refractivity contribution in [1.82, 2.24) is 20.0 Å². The van der Waals surface area contributed by atoms with Gasteiger partial charge in [-0.1, -0.05) is 13.1 Å². The van der Waals surface area contributed by atoms with Crippen molar-refractivity contribution < 1.29 is 4.74 Å². The van der Waals surface area contributed by atoms with Gasteiger partial charge in [-0.25, -0.2) is 4.68 Å². The van der Waals surface area contributed by atoms with Gasteiger partial charge in [0.25, 0.3) is 0 Å². The highest BCUT2D eigenvalue weighted by atomic mass is 28.3. The topological polar surface area (TPSA) is 106 Å². The Kier molecular flexibility index (Phi) is 4.55. The fourth-order valence-corrected chi connectivity index (χ4v) is 2.23. The lowest BCUT2D eigenvalue weighted by Crippen LogP contribution is -2.08. The van der Waals surface area contributed by atoms with E-state index in [-0.39, 0.29) is 14.6 Å². The average Bonchev–Trinajstić information content (AvgIpc) is 3.00. The molecule has 8 heteroatoms. The second kappa shape index (κ2) is 6.36. The first-order valence-corrected chi connectivity index (χ1v) is 8.96. The second-order valence-electron chi connectivity index (χ2n) is 4.73. The van der Waals surface area contributed by atoms with Crippen LogP contribution in [0.4, 0.5) is 5.82 Å². The average molecular weight is 289 g/mol. The van der Waals surface area contributed by atoms with E-state index < -0.39 is 0 Å². The van der Waals surface area contributed by atoms with Crippen LogP contribution in [0, 0.1) is 11.3 Å². The normalized spacial score (nSPS) is 10.9. The summed E-state index contributed by atoms with van der Waals surface area (Å²) >= 11 is 0. The van der Waals surface area contributed by atoms with E-state index in [0.717, 1.165) is 18.2 Å². The van der Waals surface area contributed by atoms with Gasteiger partial charge < -0.3 is 10.5 Å². The van der Waals surface area contributed by atoms with Crippen molar-refractivity contribution in [3.05, 3.63) is 18.0 Å². The van der Waals surface area contributed by atoms with Gasteiger partial charge in [-0.15, -0.1) is 0 Å². The molecule has 0 spiro atoms. The van der Waals surface area contributed by atoms with E-state index in [1.54, 1.807) is 17.1 Å². The van der Waals surface area contributed by atoms with E-state index in [0.29, 0.717) is 18.0 Å². The van der Waals surface area contributed by atoms with E-state index in [1.807, 2.05) is 6.07 Å². The highest BCUT2D eigenvalue weighted by molar-refractivity contribution is 6.55. The second-order valence-corrected chi connectivity index (χ2v) is 7.65. The van der Waals surface area contributed by atoms with Crippen LogP contribution >= 0.6 is 0 Å². The zero-order valence-corrected chi connectivity index (χ0v) is 12.6. The minimum atomic E-state index is -0.250. The Morgan fingerprint density at radius 3 is 3.05 bits per heavy atom. The summed E-state index contributed by atoms with van der Waals surface area (Å²) in [5.41, 5.74) is 7.31. The number of hydrogen-bond donors (Lipinski definition) is 2. The van der Waals surface area contributed by atoms with Gasteiger partial charge in [0.15, 0.2) is 5.82 Å². The number of nitrogen functional groups attached to an aromatic ring is 1. The maximum absolute atomic E-state index is 9.04.